The van der Waals surface area contributed by atoms with E-state index in [0.717, 1.165) is 23.7 Å². The van der Waals surface area contributed by atoms with Crippen LogP contribution >= 0.6 is 0 Å². The normalized spacial score (nSPS) is 17.8. The number of aromatic nitrogens is 1. The van der Waals surface area contributed by atoms with Crippen molar-refractivity contribution in [1.82, 2.24) is 9.88 Å². The van der Waals surface area contributed by atoms with E-state index in [9.17, 15) is 14.7 Å². The molecule has 7 nitrogen and oxygen atoms in total. The molecule has 7 heteroatoms. The molecular weight excluding hydrogens is 408 g/mol. The topological polar surface area (TPSA) is 91.9 Å². The maximum Gasteiger partial charge on any atom is 0.295 e. The van der Waals surface area contributed by atoms with Crippen molar-refractivity contribution in [3.05, 3.63) is 65.4 Å². The van der Waals surface area contributed by atoms with Crippen molar-refractivity contribution >= 4 is 28.4 Å². The lowest BCUT2D eigenvalue weighted by atomic mass is 9.94. The van der Waals surface area contributed by atoms with Crippen LogP contribution in [0.1, 0.15) is 36.9 Å². The molecule has 1 unspecified atom stereocenters. The predicted molar refractivity (Wildman–Crippen MR) is 122 cm³/mol. The van der Waals surface area contributed by atoms with Crippen LogP contribution < -0.4 is 9.47 Å². The highest BCUT2D eigenvalue weighted by Gasteiger charge is 2.47. The summed E-state index contributed by atoms with van der Waals surface area (Å²) in [5.41, 5.74) is 1.93. The minimum absolute atomic E-state index is 0.0439. The molecule has 1 aliphatic heterocycles. The second kappa shape index (κ2) is 8.78. The number of nitrogens with one attached hydrogen (secondary N) is 1. The molecule has 0 bridgehead atoms. The summed E-state index contributed by atoms with van der Waals surface area (Å²) in [7, 11) is 3.04. The summed E-state index contributed by atoms with van der Waals surface area (Å²) in [5.74, 6) is -0.644. The maximum absolute atomic E-state index is 13.2. The molecule has 1 atom stereocenters. The zero-order chi connectivity index (χ0) is 22.8. The molecule has 1 amide bonds. The van der Waals surface area contributed by atoms with E-state index >= 15 is 0 Å². The van der Waals surface area contributed by atoms with E-state index in [0.29, 0.717) is 29.2 Å². The summed E-state index contributed by atoms with van der Waals surface area (Å²) in [6, 6.07) is 12.0. The number of carbonyl (C=O) groups excluding carboxylic acids is 2. The van der Waals surface area contributed by atoms with Gasteiger partial charge in [0, 0.05) is 34.8 Å². The van der Waals surface area contributed by atoms with Crippen molar-refractivity contribution in [3.8, 4) is 11.5 Å². The highest BCUT2D eigenvalue weighted by Crippen LogP contribution is 2.46. The van der Waals surface area contributed by atoms with Gasteiger partial charge in [0.2, 0.25) is 0 Å². The standard InChI is InChI=1S/C25H26N2O5/c1-4-5-13-27-21(16-10-8-12-19(31-2)24(16)32-3)20(23(29)25(27)30)22(28)17-14-26-18-11-7-6-9-15(17)18/h6-12,14,21,26,28H,4-5,13H2,1-3H3/b22-20+. The predicted octanol–water partition coefficient (Wildman–Crippen LogP) is 4.41. The molecule has 4 rings (SSSR count). The lowest BCUT2D eigenvalue weighted by Crippen LogP contribution is -2.30. The summed E-state index contributed by atoms with van der Waals surface area (Å²) in [4.78, 5) is 30.9. The lowest BCUT2D eigenvalue weighted by molar-refractivity contribution is -0.139. The van der Waals surface area contributed by atoms with Gasteiger partial charge in [0.1, 0.15) is 5.76 Å². The van der Waals surface area contributed by atoms with Gasteiger partial charge in [-0.3, -0.25) is 9.59 Å². The number of rotatable bonds is 7. The van der Waals surface area contributed by atoms with Gasteiger partial charge in [-0.2, -0.15) is 0 Å². The van der Waals surface area contributed by atoms with Crippen molar-refractivity contribution in [2.24, 2.45) is 0 Å². The van der Waals surface area contributed by atoms with Crippen LogP contribution in [0.4, 0.5) is 0 Å². The second-order valence-electron chi connectivity index (χ2n) is 7.68. The number of methoxy groups -OCH3 is 2. The number of carbonyl (C=O) groups is 2. The highest BCUT2D eigenvalue weighted by molar-refractivity contribution is 6.46. The Kier molecular flexibility index (Phi) is 5.90. The molecule has 2 heterocycles. The Labute approximate surface area is 186 Å². The number of ketones is 1. The number of aliphatic hydroxyl groups is 1. The van der Waals surface area contributed by atoms with Gasteiger partial charge in [-0.25, -0.2) is 0 Å². The third-order valence-corrected chi connectivity index (χ3v) is 5.86. The zero-order valence-corrected chi connectivity index (χ0v) is 18.3. The summed E-state index contributed by atoms with van der Waals surface area (Å²) in [5, 5.41) is 12.1. The third-order valence-electron chi connectivity index (χ3n) is 5.86. The van der Waals surface area contributed by atoms with Gasteiger partial charge in [0.25, 0.3) is 11.7 Å². The largest absolute Gasteiger partial charge is 0.507 e. The van der Waals surface area contributed by atoms with Crippen molar-refractivity contribution in [2.45, 2.75) is 25.8 Å². The minimum atomic E-state index is -0.791. The van der Waals surface area contributed by atoms with Gasteiger partial charge in [0.15, 0.2) is 11.5 Å². The number of likely N-dealkylation sites (tertiary alicyclic amines) is 1. The Hall–Kier alpha value is -3.74. The number of fused-ring (bicyclic) bond motifs is 1. The maximum atomic E-state index is 13.2. The molecular formula is C25H26N2O5. The lowest BCUT2D eigenvalue weighted by Gasteiger charge is -2.27. The average molecular weight is 434 g/mol. The number of hydrogen-bond donors (Lipinski definition) is 2. The summed E-state index contributed by atoms with van der Waals surface area (Å²) in [6.07, 6.45) is 3.23. The minimum Gasteiger partial charge on any atom is -0.507 e. The van der Waals surface area contributed by atoms with Crippen LogP contribution in [0, 0.1) is 0 Å². The van der Waals surface area contributed by atoms with Gasteiger partial charge >= 0.3 is 0 Å². The fourth-order valence-electron chi connectivity index (χ4n) is 4.30. The number of nitrogens with zero attached hydrogens (tertiary/aromatic N) is 1. The molecule has 0 saturated carbocycles. The van der Waals surface area contributed by atoms with Crippen molar-refractivity contribution in [2.75, 3.05) is 20.8 Å². The van der Waals surface area contributed by atoms with E-state index in [1.54, 1.807) is 24.4 Å². The monoisotopic (exact) mass is 434 g/mol. The molecule has 2 aromatic carbocycles. The Morgan fingerprint density at radius 2 is 1.88 bits per heavy atom. The van der Waals surface area contributed by atoms with Gasteiger partial charge in [-0.1, -0.05) is 43.7 Å². The first-order valence-electron chi connectivity index (χ1n) is 10.6. The molecule has 0 spiro atoms. The fourth-order valence-corrected chi connectivity index (χ4v) is 4.30. The van der Waals surface area contributed by atoms with Crippen molar-refractivity contribution < 1.29 is 24.2 Å². The third kappa shape index (κ3) is 3.39. The number of benzene rings is 2. The average Bonchev–Trinajstić information content (AvgIpc) is 3.36. The van der Waals surface area contributed by atoms with Crippen molar-refractivity contribution in [3.63, 3.8) is 0 Å². The summed E-state index contributed by atoms with van der Waals surface area (Å²) in [6.45, 7) is 2.40. The molecule has 1 fully saturated rings. The Balaban J connectivity index is 1.97. The number of Topliss-reactive ketones (excluding diaryl/α,β-unsaturated/α-hetero) is 1. The Morgan fingerprint density at radius 1 is 1.09 bits per heavy atom. The van der Waals surface area contributed by atoms with Crippen LogP contribution in [-0.2, 0) is 9.59 Å². The number of ether oxygens (including phenoxy) is 2. The first kappa shape index (κ1) is 21.5. The number of aromatic amines is 1. The summed E-state index contributed by atoms with van der Waals surface area (Å²) >= 11 is 0. The number of aliphatic hydroxyl groups excluding tert-OH is 1. The molecule has 1 aliphatic rings. The highest BCUT2D eigenvalue weighted by atomic mass is 16.5. The van der Waals surface area contributed by atoms with E-state index in [-0.39, 0.29) is 11.3 Å². The Bertz CT molecular complexity index is 1210. The molecule has 2 N–H and O–H groups in total. The van der Waals surface area contributed by atoms with Crippen LogP contribution in [0.2, 0.25) is 0 Å². The number of amides is 1. The quantitative estimate of drug-likeness (QED) is 0.327. The smallest absolute Gasteiger partial charge is 0.295 e. The van der Waals surface area contributed by atoms with E-state index in [2.05, 4.69) is 4.98 Å². The number of para-hydroxylation sites is 2. The van der Waals surface area contributed by atoms with E-state index < -0.39 is 17.7 Å². The molecule has 32 heavy (non-hydrogen) atoms. The second-order valence-corrected chi connectivity index (χ2v) is 7.68. The van der Waals surface area contributed by atoms with Crippen LogP contribution in [0.25, 0.3) is 16.7 Å². The molecule has 1 aromatic heterocycles. The fraction of sp³-hybridized carbons (Fsp3) is 0.280. The SMILES string of the molecule is CCCCN1C(=O)C(=O)/C(=C(/O)c2c[nH]c3ccccc23)C1c1cccc(OC)c1OC. The Morgan fingerprint density at radius 3 is 2.59 bits per heavy atom. The van der Waals surface area contributed by atoms with Gasteiger partial charge in [0.05, 0.1) is 25.8 Å². The number of hydrogen-bond acceptors (Lipinski definition) is 5. The van der Waals surface area contributed by atoms with Crippen LogP contribution in [0.3, 0.4) is 0 Å². The molecule has 1 saturated heterocycles. The van der Waals surface area contributed by atoms with E-state index in [1.807, 2.05) is 31.2 Å². The van der Waals surface area contributed by atoms with Crippen molar-refractivity contribution in [1.29, 1.82) is 0 Å². The van der Waals surface area contributed by atoms with E-state index in [4.69, 9.17) is 9.47 Å². The molecule has 0 aliphatic carbocycles. The number of unbranched alkanes of at least 4 members (excludes halogenated alkanes) is 1. The zero-order valence-electron chi connectivity index (χ0n) is 18.3. The van der Waals surface area contributed by atoms with Crippen LogP contribution in [0.15, 0.2) is 54.2 Å². The van der Waals surface area contributed by atoms with Crippen LogP contribution in [-0.4, -0.2) is 47.4 Å². The first-order valence-corrected chi connectivity index (χ1v) is 10.6. The van der Waals surface area contributed by atoms with Crippen LogP contribution in [0.5, 0.6) is 11.5 Å². The van der Waals surface area contributed by atoms with Gasteiger partial charge in [-0.15, -0.1) is 0 Å². The van der Waals surface area contributed by atoms with E-state index in [1.165, 1.54) is 19.1 Å². The first-order chi connectivity index (χ1) is 15.5. The number of H-pyrrole nitrogens is 1. The molecule has 3 aromatic rings. The van der Waals surface area contributed by atoms with Gasteiger partial charge in [-0.05, 0) is 18.6 Å². The van der Waals surface area contributed by atoms with Gasteiger partial charge < -0.3 is 24.5 Å². The molecule has 0 radical (unpaired) electrons. The molecule has 166 valence electrons. The summed E-state index contributed by atoms with van der Waals surface area (Å²) < 4.78 is 11.0.